The van der Waals surface area contributed by atoms with Gasteiger partial charge in [0.2, 0.25) is 0 Å². The molecule has 70 valence electrons. The fourth-order valence-corrected chi connectivity index (χ4v) is 2.26. The molecule has 0 aromatic rings. The third kappa shape index (κ3) is 2.11. The van der Waals surface area contributed by atoms with Crippen LogP contribution in [-0.4, -0.2) is 24.0 Å². The van der Waals surface area contributed by atoms with Gasteiger partial charge in [-0.25, -0.2) is 0 Å². The molecule has 3 unspecified atom stereocenters. The van der Waals surface area contributed by atoms with Crippen LogP contribution in [0.1, 0.15) is 20.8 Å². The normalized spacial score (nSPS) is 37.2. The minimum absolute atomic E-state index is 0.703. The fraction of sp³-hybridized carbons (Fsp3) is 0.800. The van der Waals surface area contributed by atoms with Crippen LogP contribution in [0.25, 0.3) is 0 Å². The van der Waals surface area contributed by atoms with E-state index in [9.17, 15) is 0 Å². The van der Waals surface area contributed by atoms with E-state index in [4.69, 9.17) is 0 Å². The second kappa shape index (κ2) is 3.93. The SMILES string of the molecule is C=C(Br)CN1CC(C)C(C)C1C. The fourth-order valence-electron chi connectivity index (χ4n) is 1.94. The molecule has 12 heavy (non-hydrogen) atoms. The van der Waals surface area contributed by atoms with Gasteiger partial charge in [-0.1, -0.05) is 36.4 Å². The van der Waals surface area contributed by atoms with Gasteiger partial charge in [0.25, 0.3) is 0 Å². The molecule has 2 heteroatoms. The summed E-state index contributed by atoms with van der Waals surface area (Å²) in [6.45, 7) is 13.1. The first kappa shape index (κ1) is 10.3. The molecule has 1 aliphatic rings. The highest BCUT2D eigenvalue weighted by Crippen LogP contribution is 2.29. The summed E-state index contributed by atoms with van der Waals surface area (Å²) in [5.74, 6) is 1.64. The number of nitrogens with zero attached hydrogens (tertiary/aromatic N) is 1. The Labute approximate surface area is 84.0 Å². The maximum Gasteiger partial charge on any atom is 0.0296 e. The molecular weight excluding hydrogens is 214 g/mol. The van der Waals surface area contributed by atoms with Gasteiger partial charge in [0.05, 0.1) is 0 Å². The number of rotatable bonds is 2. The Morgan fingerprint density at radius 3 is 2.42 bits per heavy atom. The second-order valence-electron chi connectivity index (χ2n) is 4.02. The van der Waals surface area contributed by atoms with Gasteiger partial charge < -0.3 is 0 Å². The quantitative estimate of drug-likeness (QED) is 0.707. The maximum absolute atomic E-state index is 3.88. The molecule has 1 saturated heterocycles. The van der Waals surface area contributed by atoms with E-state index in [1.807, 2.05) is 0 Å². The van der Waals surface area contributed by atoms with Gasteiger partial charge in [-0.3, -0.25) is 4.90 Å². The first-order valence-corrected chi connectivity index (χ1v) is 5.39. The molecule has 1 heterocycles. The van der Waals surface area contributed by atoms with Crippen molar-refractivity contribution < 1.29 is 0 Å². The molecule has 0 aliphatic carbocycles. The van der Waals surface area contributed by atoms with Crippen molar-refractivity contribution >= 4 is 15.9 Å². The number of halogens is 1. The molecule has 0 aromatic heterocycles. The largest absolute Gasteiger partial charge is 0.295 e. The lowest BCUT2D eigenvalue weighted by atomic mass is 9.95. The van der Waals surface area contributed by atoms with Crippen molar-refractivity contribution in [3.8, 4) is 0 Å². The predicted octanol–water partition coefficient (Wildman–Crippen LogP) is 2.87. The minimum atomic E-state index is 0.703. The van der Waals surface area contributed by atoms with Crippen LogP contribution in [0.15, 0.2) is 11.1 Å². The standard InChI is InChI=1S/C10H18BrN/c1-7-5-12(6-8(2)11)10(4)9(7)3/h7,9-10H,2,5-6H2,1,3-4H3. The Kier molecular flexibility index (Phi) is 3.36. The molecule has 1 nitrogen and oxygen atoms in total. The first-order chi connectivity index (χ1) is 5.52. The van der Waals surface area contributed by atoms with Crippen LogP contribution in [0, 0.1) is 11.8 Å². The van der Waals surface area contributed by atoms with Crippen molar-refractivity contribution in [2.75, 3.05) is 13.1 Å². The smallest absolute Gasteiger partial charge is 0.0296 e. The molecular formula is C10H18BrN. The monoisotopic (exact) mass is 231 g/mol. The van der Waals surface area contributed by atoms with Gasteiger partial charge in [-0.15, -0.1) is 0 Å². The Morgan fingerprint density at radius 2 is 2.08 bits per heavy atom. The van der Waals surface area contributed by atoms with Gasteiger partial charge in [-0.05, 0) is 18.8 Å². The van der Waals surface area contributed by atoms with Gasteiger partial charge in [0, 0.05) is 23.6 Å². The zero-order chi connectivity index (χ0) is 9.30. The molecule has 0 amide bonds. The second-order valence-corrected chi connectivity index (χ2v) is 5.15. The summed E-state index contributed by atoms with van der Waals surface area (Å²) in [4.78, 5) is 2.49. The van der Waals surface area contributed by atoms with E-state index in [1.54, 1.807) is 0 Å². The van der Waals surface area contributed by atoms with Crippen LogP contribution in [0.5, 0.6) is 0 Å². The summed E-state index contributed by atoms with van der Waals surface area (Å²) >= 11 is 3.42. The van der Waals surface area contributed by atoms with Crippen LogP contribution in [0.4, 0.5) is 0 Å². The van der Waals surface area contributed by atoms with Crippen molar-refractivity contribution in [3.05, 3.63) is 11.1 Å². The Hall–Kier alpha value is 0.180. The van der Waals surface area contributed by atoms with Gasteiger partial charge >= 0.3 is 0 Å². The van der Waals surface area contributed by atoms with E-state index in [0.717, 1.165) is 22.9 Å². The zero-order valence-electron chi connectivity index (χ0n) is 8.18. The third-order valence-electron chi connectivity index (χ3n) is 3.13. The zero-order valence-corrected chi connectivity index (χ0v) is 9.76. The van der Waals surface area contributed by atoms with Crippen LogP contribution < -0.4 is 0 Å². The van der Waals surface area contributed by atoms with Crippen molar-refractivity contribution in [1.82, 2.24) is 4.90 Å². The summed E-state index contributed by atoms with van der Waals surface area (Å²) in [6.07, 6.45) is 0. The number of likely N-dealkylation sites (tertiary alicyclic amines) is 1. The van der Waals surface area contributed by atoms with E-state index in [1.165, 1.54) is 6.54 Å². The van der Waals surface area contributed by atoms with E-state index < -0.39 is 0 Å². The molecule has 0 N–H and O–H groups in total. The van der Waals surface area contributed by atoms with Crippen molar-refractivity contribution in [3.63, 3.8) is 0 Å². The Bertz CT molecular complexity index is 179. The highest BCUT2D eigenvalue weighted by Gasteiger charge is 2.32. The highest BCUT2D eigenvalue weighted by atomic mass is 79.9. The molecule has 0 saturated carbocycles. The average molecular weight is 232 g/mol. The summed E-state index contributed by atoms with van der Waals surface area (Å²) in [7, 11) is 0. The minimum Gasteiger partial charge on any atom is -0.295 e. The van der Waals surface area contributed by atoms with E-state index in [2.05, 4.69) is 48.2 Å². The number of hydrogen-bond donors (Lipinski definition) is 0. The molecule has 0 spiro atoms. The highest BCUT2D eigenvalue weighted by molar-refractivity contribution is 9.11. The van der Waals surface area contributed by atoms with E-state index >= 15 is 0 Å². The van der Waals surface area contributed by atoms with Gasteiger partial charge in [-0.2, -0.15) is 0 Å². The van der Waals surface area contributed by atoms with Crippen LogP contribution in [0.3, 0.4) is 0 Å². The molecule has 3 atom stereocenters. The summed E-state index contributed by atoms with van der Waals surface area (Å²) < 4.78 is 1.09. The first-order valence-electron chi connectivity index (χ1n) is 4.59. The summed E-state index contributed by atoms with van der Waals surface area (Å²) in [5.41, 5.74) is 0. The average Bonchev–Trinajstić information content (AvgIpc) is 2.17. The number of hydrogen-bond acceptors (Lipinski definition) is 1. The molecule has 0 radical (unpaired) electrons. The molecule has 1 rings (SSSR count). The molecule has 1 fully saturated rings. The summed E-state index contributed by atoms with van der Waals surface area (Å²) in [6, 6.07) is 0.703. The van der Waals surface area contributed by atoms with Crippen molar-refractivity contribution in [2.45, 2.75) is 26.8 Å². The van der Waals surface area contributed by atoms with Crippen LogP contribution in [-0.2, 0) is 0 Å². The molecule has 0 aromatic carbocycles. The lowest BCUT2D eigenvalue weighted by Crippen LogP contribution is -2.30. The van der Waals surface area contributed by atoms with E-state index in [-0.39, 0.29) is 0 Å². The van der Waals surface area contributed by atoms with Crippen molar-refractivity contribution in [2.24, 2.45) is 11.8 Å². The Morgan fingerprint density at radius 1 is 1.50 bits per heavy atom. The maximum atomic E-state index is 3.88. The Balaban J connectivity index is 2.52. The van der Waals surface area contributed by atoms with E-state index in [0.29, 0.717) is 6.04 Å². The summed E-state index contributed by atoms with van der Waals surface area (Å²) in [5, 5.41) is 0. The third-order valence-corrected chi connectivity index (χ3v) is 3.38. The molecule has 0 bridgehead atoms. The lowest BCUT2D eigenvalue weighted by molar-refractivity contribution is 0.272. The van der Waals surface area contributed by atoms with Crippen LogP contribution >= 0.6 is 15.9 Å². The van der Waals surface area contributed by atoms with Crippen molar-refractivity contribution in [1.29, 1.82) is 0 Å². The predicted molar refractivity (Wildman–Crippen MR) is 57.4 cm³/mol. The topological polar surface area (TPSA) is 3.24 Å². The van der Waals surface area contributed by atoms with Gasteiger partial charge in [0.1, 0.15) is 0 Å². The van der Waals surface area contributed by atoms with Gasteiger partial charge in [0.15, 0.2) is 0 Å². The molecule has 1 aliphatic heterocycles. The van der Waals surface area contributed by atoms with Crippen LogP contribution in [0.2, 0.25) is 0 Å². The lowest BCUT2D eigenvalue weighted by Gasteiger charge is -2.22.